The Morgan fingerprint density at radius 1 is 1.26 bits per heavy atom. The van der Waals surface area contributed by atoms with Gasteiger partial charge in [-0.15, -0.1) is 6.58 Å². The summed E-state index contributed by atoms with van der Waals surface area (Å²) in [4.78, 5) is 17.1. The van der Waals surface area contributed by atoms with E-state index in [1.165, 1.54) is 11.3 Å². The molecule has 2 aromatic carbocycles. The van der Waals surface area contributed by atoms with Gasteiger partial charge in [0.15, 0.2) is 11.4 Å². The molecule has 0 spiro atoms. The lowest BCUT2D eigenvalue weighted by Gasteiger charge is -2.06. The Bertz CT molecular complexity index is 1100. The second kappa shape index (κ2) is 8.48. The maximum Gasteiger partial charge on any atom is 0.286 e. The molecule has 4 nitrogen and oxygen atoms in total. The van der Waals surface area contributed by atoms with E-state index in [0.29, 0.717) is 32.2 Å². The highest BCUT2D eigenvalue weighted by Crippen LogP contribution is 2.28. The summed E-state index contributed by atoms with van der Waals surface area (Å²) in [6.07, 6.45) is 1.75. The minimum atomic E-state index is -0.422. The largest absolute Gasteiger partial charge is 0.482 e. The number of ether oxygens (including phenoxy) is 1. The predicted molar refractivity (Wildman–Crippen MR) is 112 cm³/mol. The zero-order chi connectivity index (χ0) is 19.6. The third-order valence-electron chi connectivity index (χ3n) is 3.81. The van der Waals surface area contributed by atoms with Crippen LogP contribution >= 0.6 is 46.1 Å². The molecule has 0 N–H and O–H groups in total. The van der Waals surface area contributed by atoms with Crippen LogP contribution in [0.1, 0.15) is 5.56 Å². The molecular formula is C19H15Cl3N2O2S. The number of aromatic nitrogens is 1. The van der Waals surface area contributed by atoms with Crippen LogP contribution in [0.4, 0.5) is 0 Å². The topological polar surface area (TPSA) is 43.6 Å². The zero-order valence-corrected chi connectivity index (χ0v) is 17.4. The van der Waals surface area contributed by atoms with Gasteiger partial charge in [-0.3, -0.25) is 4.79 Å². The van der Waals surface area contributed by atoms with Gasteiger partial charge in [-0.2, -0.15) is 4.99 Å². The molecule has 0 unspecified atom stereocenters. The minimum Gasteiger partial charge on any atom is -0.482 e. The van der Waals surface area contributed by atoms with Crippen LogP contribution in [0, 0.1) is 6.92 Å². The van der Waals surface area contributed by atoms with Gasteiger partial charge in [-0.05, 0) is 42.8 Å². The van der Waals surface area contributed by atoms with E-state index in [-0.39, 0.29) is 6.61 Å². The summed E-state index contributed by atoms with van der Waals surface area (Å²) in [5.41, 5.74) is 1.88. The highest BCUT2D eigenvalue weighted by atomic mass is 35.5. The van der Waals surface area contributed by atoms with Crippen LogP contribution in [0.5, 0.6) is 5.75 Å². The normalized spacial score (nSPS) is 11.8. The average molecular weight is 442 g/mol. The van der Waals surface area contributed by atoms with Gasteiger partial charge in [0, 0.05) is 16.6 Å². The van der Waals surface area contributed by atoms with Gasteiger partial charge in [-0.1, -0.05) is 52.2 Å². The van der Waals surface area contributed by atoms with Gasteiger partial charge < -0.3 is 9.30 Å². The highest BCUT2D eigenvalue weighted by Gasteiger charge is 2.12. The lowest BCUT2D eigenvalue weighted by atomic mass is 10.2. The minimum absolute atomic E-state index is 0.233. The van der Waals surface area contributed by atoms with Crippen molar-refractivity contribution in [3.05, 3.63) is 68.4 Å². The highest BCUT2D eigenvalue weighted by molar-refractivity contribution is 7.16. The van der Waals surface area contributed by atoms with Crippen LogP contribution in [-0.2, 0) is 11.3 Å². The predicted octanol–water partition coefficient (Wildman–Crippen LogP) is 5.66. The number of amides is 1. The van der Waals surface area contributed by atoms with E-state index in [2.05, 4.69) is 11.6 Å². The summed E-state index contributed by atoms with van der Waals surface area (Å²) in [5.74, 6) is -0.0447. The first kappa shape index (κ1) is 20.0. The molecule has 1 amide bonds. The summed E-state index contributed by atoms with van der Waals surface area (Å²) in [6.45, 7) is 6.00. The third kappa shape index (κ3) is 4.38. The number of nitrogens with zero attached hydrogens (tertiary/aromatic N) is 2. The fourth-order valence-electron chi connectivity index (χ4n) is 2.57. The SMILES string of the molecule is C=CCn1c(=NC(=O)COc2ccc(Cl)cc2Cl)sc2ccc(Cl)c(C)c21. The molecule has 0 aliphatic carbocycles. The van der Waals surface area contributed by atoms with Gasteiger partial charge in [-0.25, -0.2) is 0 Å². The molecule has 0 saturated heterocycles. The Morgan fingerprint density at radius 3 is 2.74 bits per heavy atom. The van der Waals surface area contributed by atoms with Gasteiger partial charge in [0.2, 0.25) is 0 Å². The molecule has 27 heavy (non-hydrogen) atoms. The molecule has 0 saturated carbocycles. The van der Waals surface area contributed by atoms with Crippen molar-refractivity contribution >= 4 is 62.3 Å². The molecular weight excluding hydrogens is 427 g/mol. The maximum atomic E-state index is 12.3. The van der Waals surface area contributed by atoms with Crippen LogP contribution in [-0.4, -0.2) is 17.1 Å². The first-order chi connectivity index (χ1) is 12.9. The number of allylic oxidation sites excluding steroid dienone is 1. The van der Waals surface area contributed by atoms with Crippen LogP contribution in [0.25, 0.3) is 10.2 Å². The van der Waals surface area contributed by atoms with Gasteiger partial charge >= 0.3 is 0 Å². The first-order valence-electron chi connectivity index (χ1n) is 7.95. The second-order valence-electron chi connectivity index (χ2n) is 5.67. The molecule has 0 radical (unpaired) electrons. The molecule has 3 rings (SSSR count). The fourth-order valence-corrected chi connectivity index (χ4v) is 4.30. The van der Waals surface area contributed by atoms with E-state index in [4.69, 9.17) is 39.5 Å². The number of benzene rings is 2. The van der Waals surface area contributed by atoms with E-state index < -0.39 is 5.91 Å². The lowest BCUT2D eigenvalue weighted by molar-refractivity contribution is -0.120. The standard InChI is InChI=1S/C19H15Cl3N2O2S/c1-3-8-24-18-11(2)13(21)5-7-16(18)27-19(24)23-17(25)10-26-15-6-4-12(20)9-14(15)22/h3-7,9H,1,8,10H2,2H3. The summed E-state index contributed by atoms with van der Waals surface area (Å²) in [5, 5.41) is 1.49. The maximum absolute atomic E-state index is 12.3. The molecule has 1 aromatic heterocycles. The number of rotatable bonds is 5. The molecule has 3 aromatic rings. The van der Waals surface area contributed by atoms with Crippen LogP contribution in [0.2, 0.25) is 15.1 Å². The van der Waals surface area contributed by atoms with Crippen molar-refractivity contribution in [3.63, 3.8) is 0 Å². The van der Waals surface area contributed by atoms with Crippen molar-refractivity contribution in [2.75, 3.05) is 6.61 Å². The number of fused-ring (bicyclic) bond motifs is 1. The van der Waals surface area contributed by atoms with Gasteiger partial charge in [0.1, 0.15) is 5.75 Å². The number of aryl methyl sites for hydroxylation is 1. The third-order valence-corrected chi connectivity index (χ3v) is 5.79. The van der Waals surface area contributed by atoms with Crippen LogP contribution < -0.4 is 9.54 Å². The summed E-state index contributed by atoms with van der Waals surface area (Å²) in [7, 11) is 0. The Kier molecular flexibility index (Phi) is 6.27. The van der Waals surface area contributed by atoms with Crippen molar-refractivity contribution in [1.82, 2.24) is 4.57 Å². The summed E-state index contributed by atoms with van der Waals surface area (Å²) >= 11 is 19.6. The van der Waals surface area contributed by atoms with Crippen LogP contribution in [0.15, 0.2) is 48.0 Å². The van der Waals surface area contributed by atoms with Crippen molar-refractivity contribution in [2.24, 2.45) is 4.99 Å². The van der Waals surface area contributed by atoms with E-state index in [9.17, 15) is 4.79 Å². The molecule has 1 heterocycles. The molecule has 0 aliphatic rings. The monoisotopic (exact) mass is 440 g/mol. The van der Waals surface area contributed by atoms with E-state index in [1.54, 1.807) is 24.3 Å². The van der Waals surface area contributed by atoms with E-state index >= 15 is 0 Å². The molecule has 0 fully saturated rings. The zero-order valence-electron chi connectivity index (χ0n) is 14.3. The number of halogens is 3. The van der Waals surface area contributed by atoms with Gasteiger partial charge in [0.05, 0.1) is 15.2 Å². The Labute approximate surface area is 175 Å². The molecule has 0 bridgehead atoms. The smallest absolute Gasteiger partial charge is 0.286 e. The van der Waals surface area contributed by atoms with Crippen molar-refractivity contribution in [3.8, 4) is 5.75 Å². The summed E-state index contributed by atoms with van der Waals surface area (Å²) in [6, 6.07) is 8.56. The van der Waals surface area contributed by atoms with E-state index in [1.807, 2.05) is 23.6 Å². The Balaban J connectivity index is 1.92. The Hall–Kier alpha value is -1.79. The molecule has 140 valence electrons. The lowest BCUT2D eigenvalue weighted by Crippen LogP contribution is -2.19. The van der Waals surface area contributed by atoms with Gasteiger partial charge in [0.25, 0.3) is 5.91 Å². The number of carbonyl (C=O) groups excluding carboxylic acids is 1. The molecule has 0 atom stereocenters. The quantitative estimate of drug-likeness (QED) is 0.479. The molecule has 8 heteroatoms. The van der Waals surface area contributed by atoms with Crippen molar-refractivity contribution < 1.29 is 9.53 Å². The Morgan fingerprint density at radius 2 is 2.04 bits per heavy atom. The average Bonchev–Trinajstić information content (AvgIpc) is 2.96. The first-order valence-corrected chi connectivity index (χ1v) is 9.90. The van der Waals surface area contributed by atoms with Crippen molar-refractivity contribution in [1.29, 1.82) is 0 Å². The number of carbonyl (C=O) groups is 1. The fraction of sp³-hybridized carbons (Fsp3) is 0.158. The summed E-state index contributed by atoms with van der Waals surface area (Å²) < 4.78 is 8.37. The number of hydrogen-bond acceptors (Lipinski definition) is 3. The number of hydrogen-bond donors (Lipinski definition) is 0. The van der Waals surface area contributed by atoms with E-state index in [0.717, 1.165) is 15.8 Å². The number of thiazole rings is 1. The second-order valence-corrected chi connectivity index (χ2v) is 7.93. The van der Waals surface area contributed by atoms with Crippen molar-refractivity contribution in [2.45, 2.75) is 13.5 Å². The molecule has 0 aliphatic heterocycles. The van der Waals surface area contributed by atoms with Crippen LogP contribution in [0.3, 0.4) is 0 Å².